The van der Waals surface area contributed by atoms with Crippen LogP contribution in [0.4, 0.5) is 4.39 Å². The van der Waals surface area contributed by atoms with Gasteiger partial charge in [0.1, 0.15) is 18.1 Å². The molecule has 0 unspecified atom stereocenters. The van der Waals surface area contributed by atoms with Gasteiger partial charge in [0.2, 0.25) is 0 Å². The summed E-state index contributed by atoms with van der Waals surface area (Å²) in [6, 6.07) is 18.1. The Morgan fingerprint density at radius 2 is 1.68 bits per heavy atom. The molecule has 1 heterocycles. The lowest BCUT2D eigenvalue weighted by Gasteiger charge is -2.25. The third-order valence-corrected chi connectivity index (χ3v) is 6.20. The Morgan fingerprint density at radius 3 is 2.32 bits per heavy atom. The summed E-state index contributed by atoms with van der Waals surface area (Å²) < 4.78 is 30.2. The topological polar surface area (TPSA) is 80.7 Å². The van der Waals surface area contributed by atoms with E-state index in [-0.39, 0.29) is 12.1 Å². The zero-order valence-corrected chi connectivity index (χ0v) is 21.1. The number of rotatable bonds is 8. The van der Waals surface area contributed by atoms with E-state index >= 15 is 0 Å². The summed E-state index contributed by atoms with van der Waals surface area (Å²) in [5.41, 5.74) is 2.25. The van der Waals surface area contributed by atoms with Crippen LogP contribution in [-0.2, 0) is 4.79 Å². The lowest BCUT2D eigenvalue weighted by molar-refractivity contribution is -0.133. The third-order valence-electron chi connectivity index (χ3n) is 6.20. The number of hydrogen-bond donors (Lipinski definition) is 0. The van der Waals surface area contributed by atoms with Crippen LogP contribution in [0, 0.1) is 5.82 Å². The quantitative estimate of drug-likeness (QED) is 0.456. The van der Waals surface area contributed by atoms with Crippen LogP contribution in [0.15, 0.2) is 71.8 Å². The number of hydrogen-bond acceptors (Lipinski definition) is 6. The Kier molecular flexibility index (Phi) is 7.71. The average Bonchev–Trinajstić information content (AvgIpc) is 3.38. The summed E-state index contributed by atoms with van der Waals surface area (Å²) in [6.45, 7) is -0.281. The minimum atomic E-state index is -0.643. The van der Waals surface area contributed by atoms with E-state index < -0.39 is 23.7 Å². The first-order chi connectivity index (χ1) is 17.9. The number of carbonyl (C=O) groups is 2. The molecule has 0 saturated heterocycles. The van der Waals surface area contributed by atoms with Crippen LogP contribution in [0.2, 0.25) is 0 Å². The standard InChI is InChI=1S/C28H28FN3O5/c1-31(28(34)21-7-5-6-8-22(21)29)17-27(33)32-24(19-11-14-25(36-3)26(15-19)37-4)16-23(30-32)18-9-12-20(35-2)13-10-18/h5-15,24H,16-17H2,1-4H3/t24-/m1/s1. The summed E-state index contributed by atoms with van der Waals surface area (Å²) in [4.78, 5) is 27.5. The van der Waals surface area contributed by atoms with Crippen molar-refractivity contribution in [3.05, 3.63) is 89.2 Å². The summed E-state index contributed by atoms with van der Waals surface area (Å²) in [5, 5.41) is 6.03. The van der Waals surface area contributed by atoms with E-state index in [9.17, 15) is 14.0 Å². The van der Waals surface area contributed by atoms with Crippen molar-refractivity contribution in [2.75, 3.05) is 34.9 Å². The molecule has 0 spiro atoms. The van der Waals surface area contributed by atoms with E-state index in [0.717, 1.165) is 11.1 Å². The van der Waals surface area contributed by atoms with Crippen molar-refractivity contribution < 1.29 is 28.2 Å². The van der Waals surface area contributed by atoms with Crippen molar-refractivity contribution >= 4 is 17.5 Å². The second kappa shape index (κ2) is 11.1. The number of halogens is 1. The molecule has 37 heavy (non-hydrogen) atoms. The summed E-state index contributed by atoms with van der Waals surface area (Å²) >= 11 is 0. The molecule has 0 saturated carbocycles. The zero-order valence-electron chi connectivity index (χ0n) is 21.1. The van der Waals surface area contributed by atoms with Gasteiger partial charge in [0, 0.05) is 13.5 Å². The number of nitrogens with zero attached hydrogens (tertiary/aromatic N) is 3. The van der Waals surface area contributed by atoms with Crippen LogP contribution in [-0.4, -0.2) is 62.4 Å². The lowest BCUT2D eigenvalue weighted by atomic mass is 9.98. The van der Waals surface area contributed by atoms with Crippen molar-refractivity contribution in [3.8, 4) is 17.2 Å². The third kappa shape index (κ3) is 5.40. The largest absolute Gasteiger partial charge is 0.497 e. The molecule has 3 aromatic carbocycles. The molecule has 4 rings (SSSR count). The fourth-order valence-corrected chi connectivity index (χ4v) is 4.21. The number of ether oxygens (including phenoxy) is 3. The molecular weight excluding hydrogens is 477 g/mol. The van der Waals surface area contributed by atoms with E-state index in [0.29, 0.717) is 29.4 Å². The molecule has 1 atom stereocenters. The van der Waals surface area contributed by atoms with Gasteiger partial charge in [-0.05, 0) is 59.7 Å². The fourth-order valence-electron chi connectivity index (χ4n) is 4.21. The molecule has 192 valence electrons. The Balaban J connectivity index is 1.64. The number of amides is 2. The monoisotopic (exact) mass is 505 g/mol. The molecule has 8 nitrogen and oxygen atoms in total. The predicted molar refractivity (Wildman–Crippen MR) is 137 cm³/mol. The smallest absolute Gasteiger partial charge is 0.262 e. The number of hydrazone groups is 1. The van der Waals surface area contributed by atoms with Gasteiger partial charge < -0.3 is 19.1 Å². The molecule has 0 fully saturated rings. The van der Waals surface area contributed by atoms with Gasteiger partial charge >= 0.3 is 0 Å². The van der Waals surface area contributed by atoms with E-state index in [1.54, 1.807) is 33.5 Å². The molecule has 0 radical (unpaired) electrons. The van der Waals surface area contributed by atoms with E-state index in [4.69, 9.17) is 14.2 Å². The highest BCUT2D eigenvalue weighted by Gasteiger charge is 2.34. The number of carbonyl (C=O) groups excluding carboxylic acids is 2. The van der Waals surface area contributed by atoms with Gasteiger partial charge in [0.15, 0.2) is 11.5 Å². The highest BCUT2D eigenvalue weighted by atomic mass is 19.1. The van der Waals surface area contributed by atoms with Crippen molar-refractivity contribution in [1.29, 1.82) is 0 Å². The Bertz CT molecular complexity index is 1330. The Morgan fingerprint density at radius 1 is 0.973 bits per heavy atom. The molecule has 9 heteroatoms. The first-order valence-corrected chi connectivity index (χ1v) is 11.6. The maximum Gasteiger partial charge on any atom is 0.262 e. The van der Waals surface area contributed by atoms with E-state index in [2.05, 4.69) is 5.10 Å². The first-order valence-electron chi connectivity index (χ1n) is 11.6. The second-order valence-electron chi connectivity index (χ2n) is 8.49. The van der Waals surface area contributed by atoms with Gasteiger partial charge in [-0.1, -0.05) is 18.2 Å². The molecule has 1 aliphatic rings. The minimum Gasteiger partial charge on any atom is -0.497 e. The number of methoxy groups -OCH3 is 3. The van der Waals surface area contributed by atoms with Gasteiger partial charge in [-0.15, -0.1) is 0 Å². The molecule has 1 aliphatic heterocycles. The maximum atomic E-state index is 14.2. The highest BCUT2D eigenvalue weighted by Crippen LogP contribution is 2.37. The van der Waals surface area contributed by atoms with Crippen molar-refractivity contribution in [2.45, 2.75) is 12.5 Å². The Labute approximate surface area is 214 Å². The van der Waals surface area contributed by atoms with Crippen LogP contribution < -0.4 is 14.2 Å². The van der Waals surface area contributed by atoms with Crippen LogP contribution in [0.25, 0.3) is 0 Å². The summed E-state index contributed by atoms with van der Waals surface area (Å²) in [7, 11) is 6.15. The van der Waals surface area contributed by atoms with Gasteiger partial charge in [-0.2, -0.15) is 5.10 Å². The molecule has 0 bridgehead atoms. The first kappa shape index (κ1) is 25.7. The van der Waals surface area contributed by atoms with Gasteiger partial charge in [-0.25, -0.2) is 9.40 Å². The van der Waals surface area contributed by atoms with Gasteiger partial charge in [0.25, 0.3) is 11.8 Å². The molecule has 2 amide bonds. The summed E-state index contributed by atoms with van der Waals surface area (Å²) in [5.74, 6) is 0.157. The number of likely N-dealkylation sites (N-methyl/N-ethyl adjacent to an activating group) is 1. The van der Waals surface area contributed by atoms with Crippen LogP contribution in [0.1, 0.15) is 33.9 Å². The average molecular weight is 506 g/mol. The van der Waals surface area contributed by atoms with Crippen molar-refractivity contribution in [2.24, 2.45) is 5.10 Å². The van der Waals surface area contributed by atoms with Gasteiger partial charge in [-0.3, -0.25) is 9.59 Å². The van der Waals surface area contributed by atoms with Crippen LogP contribution in [0.5, 0.6) is 17.2 Å². The van der Waals surface area contributed by atoms with E-state index in [1.165, 1.54) is 35.2 Å². The number of benzene rings is 3. The molecule has 0 N–H and O–H groups in total. The van der Waals surface area contributed by atoms with E-state index in [1.807, 2.05) is 36.4 Å². The summed E-state index contributed by atoms with van der Waals surface area (Å²) in [6.07, 6.45) is 0.443. The lowest BCUT2D eigenvalue weighted by Crippen LogP contribution is -2.39. The maximum absolute atomic E-state index is 14.2. The molecular formula is C28H28FN3O5. The molecule has 3 aromatic rings. The van der Waals surface area contributed by atoms with Crippen LogP contribution >= 0.6 is 0 Å². The van der Waals surface area contributed by atoms with Crippen LogP contribution in [0.3, 0.4) is 0 Å². The SMILES string of the molecule is COc1ccc(C2=NN(C(=O)CN(C)C(=O)c3ccccc3F)[C@@H](c3ccc(OC)c(OC)c3)C2)cc1. The molecule has 0 aliphatic carbocycles. The minimum absolute atomic E-state index is 0.0990. The second-order valence-corrected chi connectivity index (χ2v) is 8.49. The van der Waals surface area contributed by atoms with Crippen molar-refractivity contribution in [1.82, 2.24) is 9.91 Å². The fraction of sp³-hybridized carbons (Fsp3) is 0.250. The highest BCUT2D eigenvalue weighted by molar-refractivity contribution is 6.04. The predicted octanol–water partition coefficient (Wildman–Crippen LogP) is 4.30. The Hall–Kier alpha value is -4.40. The molecule has 0 aromatic heterocycles. The van der Waals surface area contributed by atoms with Gasteiger partial charge in [0.05, 0.1) is 38.6 Å². The normalized spacial score (nSPS) is 14.7. The zero-order chi connectivity index (χ0) is 26.5. The van der Waals surface area contributed by atoms with Crippen molar-refractivity contribution in [3.63, 3.8) is 0 Å².